The van der Waals surface area contributed by atoms with Gasteiger partial charge in [0.2, 0.25) is 0 Å². The molecule has 1 aromatic heterocycles. The third kappa shape index (κ3) is 2.13. The predicted octanol–water partition coefficient (Wildman–Crippen LogP) is 3.48. The van der Waals surface area contributed by atoms with E-state index in [1.54, 1.807) is 7.11 Å². The quantitative estimate of drug-likeness (QED) is 0.862. The molecule has 4 heteroatoms. The van der Waals surface area contributed by atoms with Gasteiger partial charge in [-0.3, -0.25) is 0 Å². The lowest BCUT2D eigenvalue weighted by Crippen LogP contribution is -2.09. The number of benzene rings is 1. The highest BCUT2D eigenvalue weighted by Crippen LogP contribution is 2.53. The van der Waals surface area contributed by atoms with Gasteiger partial charge in [0.15, 0.2) is 0 Å². The van der Waals surface area contributed by atoms with Gasteiger partial charge < -0.3 is 4.74 Å². The Hall–Kier alpha value is -1.84. The number of hydrogen-bond donors (Lipinski definition) is 0. The SMILES string of the molecule is COc1ccc(C2(c3cn(C4CCCC4)nn3)CC2)cc1. The zero-order valence-corrected chi connectivity index (χ0v) is 12.5. The number of methoxy groups -OCH3 is 1. The van der Waals surface area contributed by atoms with E-state index in [9.17, 15) is 0 Å². The third-order valence-corrected chi connectivity index (χ3v) is 5.09. The summed E-state index contributed by atoms with van der Waals surface area (Å²) in [6, 6.07) is 8.98. The van der Waals surface area contributed by atoms with Crippen molar-refractivity contribution in [1.29, 1.82) is 0 Å². The highest BCUT2D eigenvalue weighted by Gasteiger charge is 2.48. The summed E-state index contributed by atoms with van der Waals surface area (Å²) in [6.07, 6.45) is 9.67. The average molecular weight is 283 g/mol. The Morgan fingerprint density at radius 1 is 1.14 bits per heavy atom. The first-order chi connectivity index (χ1) is 10.3. The summed E-state index contributed by atoms with van der Waals surface area (Å²) in [6.45, 7) is 0. The van der Waals surface area contributed by atoms with E-state index in [1.165, 1.54) is 44.1 Å². The first-order valence-electron chi connectivity index (χ1n) is 7.89. The number of hydrogen-bond acceptors (Lipinski definition) is 3. The van der Waals surface area contributed by atoms with Crippen LogP contribution in [0.2, 0.25) is 0 Å². The minimum absolute atomic E-state index is 0.100. The summed E-state index contributed by atoms with van der Waals surface area (Å²) in [7, 11) is 1.70. The van der Waals surface area contributed by atoms with E-state index >= 15 is 0 Å². The average Bonchev–Trinajstić information content (AvgIpc) is 2.95. The topological polar surface area (TPSA) is 39.9 Å². The molecule has 0 unspecified atom stereocenters. The summed E-state index contributed by atoms with van der Waals surface area (Å²) < 4.78 is 7.35. The fourth-order valence-corrected chi connectivity index (χ4v) is 3.57. The van der Waals surface area contributed by atoms with Crippen LogP contribution in [0.1, 0.15) is 55.8 Å². The molecule has 0 aliphatic heterocycles. The standard InChI is InChI=1S/C17H21N3O/c1-21-15-8-6-13(7-9-15)17(10-11-17)16-12-20(19-18-16)14-4-2-3-5-14/h6-9,12,14H,2-5,10-11H2,1H3. The van der Waals surface area contributed by atoms with Crippen molar-refractivity contribution in [2.24, 2.45) is 0 Å². The maximum Gasteiger partial charge on any atom is 0.118 e. The number of nitrogens with zero attached hydrogens (tertiary/aromatic N) is 3. The molecule has 0 saturated heterocycles. The van der Waals surface area contributed by atoms with Crippen LogP contribution in [0.25, 0.3) is 0 Å². The molecule has 21 heavy (non-hydrogen) atoms. The minimum Gasteiger partial charge on any atom is -0.497 e. The van der Waals surface area contributed by atoms with Gasteiger partial charge in [0.05, 0.1) is 18.8 Å². The summed E-state index contributed by atoms with van der Waals surface area (Å²) in [5, 5.41) is 8.90. The Bertz CT molecular complexity index is 622. The van der Waals surface area contributed by atoms with Gasteiger partial charge in [0, 0.05) is 11.6 Å². The number of ether oxygens (including phenoxy) is 1. The lowest BCUT2D eigenvalue weighted by molar-refractivity contribution is 0.414. The zero-order chi connectivity index (χ0) is 14.3. The first-order valence-corrected chi connectivity index (χ1v) is 7.89. The van der Waals surface area contributed by atoms with Crippen molar-refractivity contribution in [3.05, 3.63) is 41.7 Å². The molecule has 0 spiro atoms. The Morgan fingerprint density at radius 2 is 1.86 bits per heavy atom. The Labute approximate surface area is 125 Å². The van der Waals surface area contributed by atoms with Gasteiger partial charge in [-0.2, -0.15) is 0 Å². The van der Waals surface area contributed by atoms with Crippen LogP contribution in [0, 0.1) is 0 Å². The largest absolute Gasteiger partial charge is 0.497 e. The van der Waals surface area contributed by atoms with E-state index in [0.29, 0.717) is 6.04 Å². The molecule has 4 rings (SSSR count). The van der Waals surface area contributed by atoms with Crippen molar-refractivity contribution < 1.29 is 4.74 Å². The maximum atomic E-state index is 5.25. The molecule has 2 aliphatic rings. The van der Waals surface area contributed by atoms with Crippen molar-refractivity contribution in [2.75, 3.05) is 7.11 Å². The fourth-order valence-electron chi connectivity index (χ4n) is 3.57. The van der Waals surface area contributed by atoms with Crippen molar-refractivity contribution in [3.8, 4) is 5.75 Å². The van der Waals surface area contributed by atoms with E-state index in [-0.39, 0.29) is 5.41 Å². The Kier molecular flexibility index (Phi) is 2.98. The molecule has 0 N–H and O–H groups in total. The molecular weight excluding hydrogens is 262 g/mol. The van der Waals surface area contributed by atoms with Crippen molar-refractivity contribution >= 4 is 0 Å². The van der Waals surface area contributed by atoms with Gasteiger partial charge in [0.25, 0.3) is 0 Å². The predicted molar refractivity (Wildman–Crippen MR) is 80.5 cm³/mol. The van der Waals surface area contributed by atoms with E-state index in [2.05, 4.69) is 33.3 Å². The molecular formula is C17H21N3O. The minimum atomic E-state index is 0.100. The van der Waals surface area contributed by atoms with Crippen molar-refractivity contribution in [1.82, 2.24) is 15.0 Å². The summed E-state index contributed by atoms with van der Waals surface area (Å²) in [5.74, 6) is 0.907. The second kappa shape index (κ2) is 4.86. The highest BCUT2D eigenvalue weighted by atomic mass is 16.5. The second-order valence-electron chi connectivity index (χ2n) is 6.33. The lowest BCUT2D eigenvalue weighted by Gasteiger charge is -2.13. The summed E-state index contributed by atoms with van der Waals surface area (Å²) in [5.41, 5.74) is 2.57. The Morgan fingerprint density at radius 3 is 2.48 bits per heavy atom. The normalized spacial score (nSPS) is 20.6. The van der Waals surface area contributed by atoms with Crippen LogP contribution in [-0.2, 0) is 5.41 Å². The van der Waals surface area contributed by atoms with Crippen LogP contribution in [0.15, 0.2) is 30.5 Å². The molecule has 2 fully saturated rings. The van der Waals surface area contributed by atoms with Gasteiger partial charge >= 0.3 is 0 Å². The van der Waals surface area contributed by atoms with Crippen LogP contribution in [0.4, 0.5) is 0 Å². The van der Waals surface area contributed by atoms with E-state index in [0.717, 1.165) is 11.4 Å². The van der Waals surface area contributed by atoms with Crippen LogP contribution in [-0.4, -0.2) is 22.1 Å². The molecule has 4 nitrogen and oxygen atoms in total. The molecule has 2 aromatic rings. The van der Waals surface area contributed by atoms with Crippen molar-refractivity contribution in [3.63, 3.8) is 0 Å². The monoisotopic (exact) mass is 283 g/mol. The third-order valence-electron chi connectivity index (χ3n) is 5.09. The molecule has 0 atom stereocenters. The van der Waals surface area contributed by atoms with E-state index < -0.39 is 0 Å². The van der Waals surface area contributed by atoms with Gasteiger partial charge in [-0.15, -0.1) is 5.10 Å². The van der Waals surface area contributed by atoms with Crippen LogP contribution in [0.5, 0.6) is 5.75 Å². The van der Waals surface area contributed by atoms with Gasteiger partial charge in [-0.05, 0) is 43.4 Å². The molecule has 0 radical (unpaired) electrons. The summed E-state index contributed by atoms with van der Waals surface area (Å²) >= 11 is 0. The zero-order valence-electron chi connectivity index (χ0n) is 12.5. The van der Waals surface area contributed by atoms with Crippen LogP contribution >= 0.6 is 0 Å². The maximum absolute atomic E-state index is 5.25. The van der Waals surface area contributed by atoms with E-state index in [4.69, 9.17) is 4.74 Å². The van der Waals surface area contributed by atoms with Crippen molar-refractivity contribution in [2.45, 2.75) is 50.0 Å². The van der Waals surface area contributed by atoms with Crippen LogP contribution in [0.3, 0.4) is 0 Å². The summed E-state index contributed by atoms with van der Waals surface area (Å²) in [4.78, 5) is 0. The highest BCUT2D eigenvalue weighted by molar-refractivity contribution is 5.43. The molecule has 110 valence electrons. The second-order valence-corrected chi connectivity index (χ2v) is 6.33. The molecule has 1 heterocycles. The fraction of sp³-hybridized carbons (Fsp3) is 0.529. The van der Waals surface area contributed by atoms with Gasteiger partial charge in [-0.1, -0.05) is 30.2 Å². The lowest BCUT2D eigenvalue weighted by atomic mass is 9.93. The first kappa shape index (κ1) is 12.9. The van der Waals surface area contributed by atoms with Crippen LogP contribution < -0.4 is 4.74 Å². The number of aromatic nitrogens is 3. The number of rotatable bonds is 4. The van der Waals surface area contributed by atoms with Gasteiger partial charge in [-0.25, -0.2) is 4.68 Å². The molecule has 2 aliphatic carbocycles. The Balaban J connectivity index is 1.62. The smallest absolute Gasteiger partial charge is 0.118 e. The molecule has 1 aromatic carbocycles. The van der Waals surface area contributed by atoms with E-state index in [1.807, 2.05) is 12.1 Å². The molecule has 2 saturated carbocycles. The molecule has 0 amide bonds. The molecule has 0 bridgehead atoms. The van der Waals surface area contributed by atoms with Gasteiger partial charge in [0.1, 0.15) is 5.75 Å².